The number of aliphatic hydroxyl groups is 1. The minimum Gasteiger partial charge on any atom is -0.391 e. The molecule has 1 atom stereocenters. The summed E-state index contributed by atoms with van der Waals surface area (Å²) in [5.74, 6) is 2.30. The van der Waals surface area contributed by atoms with Gasteiger partial charge in [0.2, 0.25) is 5.95 Å². The predicted octanol–water partition coefficient (Wildman–Crippen LogP) is 2.02. The fourth-order valence-corrected chi connectivity index (χ4v) is 3.64. The topological polar surface area (TPSA) is 78.3 Å². The summed E-state index contributed by atoms with van der Waals surface area (Å²) >= 11 is 0. The molecule has 1 aromatic carbocycles. The summed E-state index contributed by atoms with van der Waals surface area (Å²) in [7, 11) is 0. The van der Waals surface area contributed by atoms with Crippen LogP contribution in [0.3, 0.4) is 0 Å². The molecular weight excluding hydrogens is 340 g/mol. The van der Waals surface area contributed by atoms with Crippen molar-refractivity contribution in [3.8, 4) is 11.4 Å². The third-order valence-corrected chi connectivity index (χ3v) is 5.09. The first kappa shape index (κ1) is 16.1. The summed E-state index contributed by atoms with van der Waals surface area (Å²) in [5, 5.41) is 9.77. The number of anilines is 2. The number of rotatable bonds is 3. The van der Waals surface area contributed by atoms with Gasteiger partial charge in [-0.25, -0.2) is 15.0 Å². The van der Waals surface area contributed by atoms with Gasteiger partial charge >= 0.3 is 0 Å². The summed E-state index contributed by atoms with van der Waals surface area (Å²) in [6, 6.07) is 11.9. The fourth-order valence-electron chi connectivity index (χ4n) is 3.64. The van der Waals surface area contributed by atoms with E-state index in [0.29, 0.717) is 25.6 Å². The van der Waals surface area contributed by atoms with Crippen LogP contribution in [-0.4, -0.2) is 44.2 Å². The predicted molar refractivity (Wildman–Crippen MR) is 102 cm³/mol. The summed E-state index contributed by atoms with van der Waals surface area (Å²) in [6.07, 6.45) is 4.20. The average Bonchev–Trinajstić information content (AvgIpc) is 3.34. The van der Waals surface area contributed by atoms with E-state index in [4.69, 9.17) is 9.97 Å². The van der Waals surface area contributed by atoms with E-state index < -0.39 is 0 Å². The van der Waals surface area contributed by atoms with Crippen molar-refractivity contribution in [3.63, 3.8) is 0 Å². The third kappa shape index (κ3) is 3.10. The van der Waals surface area contributed by atoms with Crippen molar-refractivity contribution in [3.05, 3.63) is 60.0 Å². The van der Waals surface area contributed by atoms with Crippen LogP contribution in [0.2, 0.25) is 0 Å². The van der Waals surface area contributed by atoms with Gasteiger partial charge < -0.3 is 14.9 Å². The largest absolute Gasteiger partial charge is 0.391 e. The summed E-state index contributed by atoms with van der Waals surface area (Å²) in [5.41, 5.74) is 3.15. The van der Waals surface area contributed by atoms with Gasteiger partial charge in [0.05, 0.1) is 18.3 Å². The maximum absolute atomic E-state index is 9.77. The standard InChI is InChI=1S/C20H20N6O/c27-16-7-9-25(12-16)18-6-8-21-20(24-18)26-11-15-10-22-19(23-17(15)13-26)14-4-2-1-3-5-14/h1-6,8,10,16,27H,7,9,11-13H2. The zero-order chi connectivity index (χ0) is 18.2. The second-order valence-electron chi connectivity index (χ2n) is 6.99. The molecule has 7 heteroatoms. The number of hydrogen-bond donors (Lipinski definition) is 1. The maximum atomic E-state index is 9.77. The van der Waals surface area contributed by atoms with Crippen molar-refractivity contribution in [2.75, 3.05) is 22.9 Å². The molecule has 0 aliphatic carbocycles. The molecule has 0 spiro atoms. The van der Waals surface area contributed by atoms with Crippen molar-refractivity contribution >= 4 is 11.8 Å². The van der Waals surface area contributed by atoms with E-state index in [-0.39, 0.29) is 6.10 Å². The number of hydrogen-bond acceptors (Lipinski definition) is 7. The first-order valence-electron chi connectivity index (χ1n) is 9.17. The average molecular weight is 360 g/mol. The lowest BCUT2D eigenvalue weighted by atomic mass is 10.2. The van der Waals surface area contributed by atoms with Crippen molar-refractivity contribution in [1.29, 1.82) is 0 Å². The van der Waals surface area contributed by atoms with Crippen LogP contribution in [0.5, 0.6) is 0 Å². The fraction of sp³-hybridized carbons (Fsp3) is 0.300. The second kappa shape index (κ2) is 6.59. The zero-order valence-corrected chi connectivity index (χ0v) is 14.9. The van der Waals surface area contributed by atoms with E-state index in [1.165, 1.54) is 0 Å². The molecule has 136 valence electrons. The van der Waals surface area contributed by atoms with Crippen LogP contribution in [0.25, 0.3) is 11.4 Å². The van der Waals surface area contributed by atoms with Gasteiger partial charge in [-0.15, -0.1) is 0 Å². The molecule has 5 rings (SSSR count). The quantitative estimate of drug-likeness (QED) is 0.765. The van der Waals surface area contributed by atoms with Crippen LogP contribution in [0.15, 0.2) is 48.8 Å². The highest BCUT2D eigenvalue weighted by Gasteiger charge is 2.26. The lowest BCUT2D eigenvalue weighted by Gasteiger charge is -2.20. The van der Waals surface area contributed by atoms with Crippen LogP contribution in [-0.2, 0) is 13.1 Å². The molecule has 0 amide bonds. The molecule has 2 aliphatic heterocycles. The molecule has 0 radical (unpaired) electrons. The number of aliphatic hydroxyl groups excluding tert-OH is 1. The Kier molecular flexibility index (Phi) is 3.94. The lowest BCUT2D eigenvalue weighted by Crippen LogP contribution is -2.24. The van der Waals surface area contributed by atoms with Crippen molar-refractivity contribution in [2.24, 2.45) is 0 Å². The molecule has 2 aliphatic rings. The Balaban J connectivity index is 1.38. The number of aromatic nitrogens is 4. The Labute approximate surface area is 157 Å². The Hall–Kier alpha value is -3.06. The van der Waals surface area contributed by atoms with E-state index in [0.717, 1.165) is 41.4 Å². The number of benzene rings is 1. The van der Waals surface area contributed by atoms with E-state index in [1.54, 1.807) is 6.20 Å². The van der Waals surface area contributed by atoms with Gasteiger partial charge in [0.1, 0.15) is 5.82 Å². The van der Waals surface area contributed by atoms with E-state index in [9.17, 15) is 5.11 Å². The van der Waals surface area contributed by atoms with Crippen LogP contribution < -0.4 is 9.80 Å². The molecule has 3 aromatic rings. The molecule has 1 fully saturated rings. The Morgan fingerprint density at radius 1 is 0.963 bits per heavy atom. The smallest absolute Gasteiger partial charge is 0.227 e. The van der Waals surface area contributed by atoms with E-state index in [1.807, 2.05) is 42.6 Å². The van der Waals surface area contributed by atoms with Crippen molar-refractivity contribution in [1.82, 2.24) is 19.9 Å². The van der Waals surface area contributed by atoms with Gasteiger partial charge in [0.25, 0.3) is 0 Å². The summed E-state index contributed by atoms with van der Waals surface area (Å²) in [4.78, 5) is 22.7. The van der Waals surface area contributed by atoms with E-state index in [2.05, 4.69) is 19.8 Å². The monoisotopic (exact) mass is 360 g/mol. The number of fused-ring (bicyclic) bond motifs is 1. The Bertz CT molecular complexity index is 964. The minimum absolute atomic E-state index is 0.272. The van der Waals surface area contributed by atoms with Gasteiger partial charge in [-0.05, 0) is 12.5 Å². The van der Waals surface area contributed by atoms with Gasteiger partial charge in [0, 0.05) is 43.2 Å². The molecule has 0 saturated carbocycles. The molecule has 1 N–H and O–H groups in total. The zero-order valence-electron chi connectivity index (χ0n) is 14.9. The van der Waals surface area contributed by atoms with Gasteiger partial charge in [0.15, 0.2) is 5.82 Å². The third-order valence-electron chi connectivity index (χ3n) is 5.09. The summed E-state index contributed by atoms with van der Waals surface area (Å²) < 4.78 is 0. The highest BCUT2D eigenvalue weighted by atomic mass is 16.3. The molecule has 1 unspecified atom stereocenters. The second-order valence-corrected chi connectivity index (χ2v) is 6.99. The molecule has 4 heterocycles. The van der Waals surface area contributed by atoms with E-state index >= 15 is 0 Å². The van der Waals surface area contributed by atoms with Crippen LogP contribution in [0, 0.1) is 0 Å². The Morgan fingerprint density at radius 3 is 2.67 bits per heavy atom. The normalized spacial score (nSPS) is 18.8. The highest BCUT2D eigenvalue weighted by molar-refractivity contribution is 5.56. The van der Waals surface area contributed by atoms with Crippen LogP contribution >= 0.6 is 0 Å². The SMILES string of the molecule is OC1CCN(c2ccnc(N3Cc4cnc(-c5ccccc5)nc4C3)n2)C1. The highest BCUT2D eigenvalue weighted by Crippen LogP contribution is 2.27. The molecule has 0 bridgehead atoms. The molecule has 2 aromatic heterocycles. The summed E-state index contributed by atoms with van der Waals surface area (Å²) in [6.45, 7) is 2.83. The van der Waals surface area contributed by atoms with Crippen molar-refractivity contribution in [2.45, 2.75) is 25.6 Å². The minimum atomic E-state index is -0.272. The number of nitrogens with zero attached hydrogens (tertiary/aromatic N) is 6. The molecule has 27 heavy (non-hydrogen) atoms. The lowest BCUT2D eigenvalue weighted by molar-refractivity contribution is 0.198. The van der Waals surface area contributed by atoms with Crippen LogP contribution in [0.1, 0.15) is 17.7 Å². The molecular formula is C20H20N6O. The van der Waals surface area contributed by atoms with Gasteiger partial charge in [-0.1, -0.05) is 30.3 Å². The Morgan fingerprint density at radius 2 is 1.85 bits per heavy atom. The van der Waals surface area contributed by atoms with Crippen LogP contribution in [0.4, 0.5) is 11.8 Å². The number of β-amino-alcohol motifs (C(OH)–C–C–N with tert-alkyl or cyclic N) is 1. The maximum Gasteiger partial charge on any atom is 0.227 e. The van der Waals surface area contributed by atoms with Gasteiger partial charge in [-0.3, -0.25) is 0 Å². The first-order valence-corrected chi connectivity index (χ1v) is 9.17. The van der Waals surface area contributed by atoms with Crippen molar-refractivity contribution < 1.29 is 5.11 Å². The first-order chi connectivity index (χ1) is 13.3. The van der Waals surface area contributed by atoms with Gasteiger partial charge in [-0.2, -0.15) is 4.98 Å². The molecule has 1 saturated heterocycles. The molecule has 7 nitrogen and oxygen atoms in total.